The van der Waals surface area contributed by atoms with Crippen LogP contribution in [0.2, 0.25) is 0 Å². The summed E-state index contributed by atoms with van der Waals surface area (Å²) in [5.41, 5.74) is 4.04. The van der Waals surface area contributed by atoms with Gasteiger partial charge in [0.05, 0.1) is 5.69 Å². The number of carbonyl (C=O) groups is 1. The summed E-state index contributed by atoms with van der Waals surface area (Å²) in [5, 5.41) is 7.67. The first-order valence-corrected chi connectivity index (χ1v) is 9.33. The Morgan fingerprint density at radius 2 is 1.96 bits per heavy atom. The molecular weight excluding hydrogens is 338 g/mol. The SMILES string of the molecule is Cc1cc(C)n(CC2(CNC(=O)c3ccc(-c4nccn4C)cc3)CC2)n1. The van der Waals surface area contributed by atoms with Gasteiger partial charge in [-0.15, -0.1) is 0 Å². The minimum absolute atomic E-state index is 0.0268. The summed E-state index contributed by atoms with van der Waals surface area (Å²) in [5.74, 6) is 0.866. The molecule has 6 heteroatoms. The molecule has 27 heavy (non-hydrogen) atoms. The molecule has 0 aliphatic heterocycles. The highest BCUT2D eigenvalue weighted by atomic mass is 16.1. The lowest BCUT2D eigenvalue weighted by Gasteiger charge is -2.17. The fraction of sp³-hybridized carbons (Fsp3) is 0.381. The Labute approximate surface area is 159 Å². The molecule has 0 bridgehead atoms. The van der Waals surface area contributed by atoms with Crippen LogP contribution in [0.15, 0.2) is 42.7 Å². The molecule has 140 valence electrons. The van der Waals surface area contributed by atoms with Gasteiger partial charge in [0.2, 0.25) is 0 Å². The number of benzene rings is 1. The van der Waals surface area contributed by atoms with E-state index in [9.17, 15) is 4.79 Å². The van der Waals surface area contributed by atoms with Crippen molar-refractivity contribution in [1.82, 2.24) is 24.6 Å². The molecule has 0 radical (unpaired) electrons. The lowest BCUT2D eigenvalue weighted by Crippen LogP contribution is -2.32. The molecule has 3 aromatic rings. The van der Waals surface area contributed by atoms with Gasteiger partial charge in [-0.05, 0) is 44.9 Å². The average molecular weight is 363 g/mol. The molecule has 4 rings (SSSR count). The highest BCUT2D eigenvalue weighted by Gasteiger charge is 2.43. The van der Waals surface area contributed by atoms with Gasteiger partial charge < -0.3 is 9.88 Å². The summed E-state index contributed by atoms with van der Waals surface area (Å²) in [7, 11) is 1.96. The molecule has 2 aromatic heterocycles. The van der Waals surface area contributed by atoms with Crippen LogP contribution in [-0.4, -0.2) is 31.8 Å². The minimum Gasteiger partial charge on any atom is -0.351 e. The van der Waals surface area contributed by atoms with Crippen molar-refractivity contribution in [2.75, 3.05) is 6.54 Å². The van der Waals surface area contributed by atoms with Crippen molar-refractivity contribution in [1.29, 1.82) is 0 Å². The van der Waals surface area contributed by atoms with E-state index in [1.807, 2.05) is 49.0 Å². The molecule has 1 aromatic carbocycles. The number of hydrogen-bond acceptors (Lipinski definition) is 3. The summed E-state index contributed by atoms with van der Waals surface area (Å²) in [6.07, 6.45) is 5.94. The standard InChI is InChI=1S/C21H25N5O/c1-15-12-16(2)26(24-15)14-21(8-9-21)13-23-20(27)18-6-4-17(5-7-18)19-22-10-11-25(19)3/h4-7,10-12H,8-9,13-14H2,1-3H3,(H,23,27). The third-order valence-electron chi connectivity index (χ3n) is 5.40. The van der Waals surface area contributed by atoms with Crippen LogP contribution in [0.3, 0.4) is 0 Å². The van der Waals surface area contributed by atoms with Gasteiger partial charge in [0, 0.05) is 54.8 Å². The zero-order valence-corrected chi connectivity index (χ0v) is 16.1. The normalized spacial score (nSPS) is 14.9. The highest BCUT2D eigenvalue weighted by molar-refractivity contribution is 5.94. The van der Waals surface area contributed by atoms with Crippen molar-refractivity contribution in [2.45, 2.75) is 33.2 Å². The molecule has 1 N–H and O–H groups in total. The van der Waals surface area contributed by atoms with E-state index in [-0.39, 0.29) is 11.3 Å². The van der Waals surface area contributed by atoms with Gasteiger partial charge in [0.15, 0.2) is 0 Å². The molecule has 1 aliphatic carbocycles. The fourth-order valence-corrected chi connectivity index (χ4v) is 3.50. The van der Waals surface area contributed by atoms with Crippen LogP contribution in [0.4, 0.5) is 0 Å². The van der Waals surface area contributed by atoms with Gasteiger partial charge in [-0.1, -0.05) is 12.1 Å². The van der Waals surface area contributed by atoms with Gasteiger partial charge >= 0.3 is 0 Å². The van der Waals surface area contributed by atoms with Crippen LogP contribution in [0.25, 0.3) is 11.4 Å². The van der Waals surface area contributed by atoms with E-state index in [1.165, 1.54) is 5.69 Å². The summed E-state index contributed by atoms with van der Waals surface area (Å²) in [6.45, 7) is 5.65. The van der Waals surface area contributed by atoms with Crippen LogP contribution in [-0.2, 0) is 13.6 Å². The van der Waals surface area contributed by atoms with Gasteiger partial charge in [-0.25, -0.2) is 4.98 Å². The first-order valence-electron chi connectivity index (χ1n) is 9.33. The second kappa shape index (κ2) is 6.68. The number of nitrogens with zero attached hydrogens (tertiary/aromatic N) is 4. The molecule has 0 unspecified atom stereocenters. The van der Waals surface area contributed by atoms with Crippen LogP contribution in [0.1, 0.15) is 34.6 Å². The Bertz CT molecular complexity index is 963. The first-order chi connectivity index (χ1) is 13.0. The number of nitrogens with one attached hydrogen (secondary N) is 1. The predicted molar refractivity (Wildman–Crippen MR) is 104 cm³/mol. The second-order valence-electron chi connectivity index (χ2n) is 7.71. The number of hydrogen-bond donors (Lipinski definition) is 1. The maximum atomic E-state index is 12.6. The van der Waals surface area contributed by atoms with Crippen LogP contribution >= 0.6 is 0 Å². The van der Waals surface area contributed by atoms with Crippen molar-refractivity contribution in [3.63, 3.8) is 0 Å². The summed E-state index contributed by atoms with van der Waals surface area (Å²) >= 11 is 0. The van der Waals surface area contributed by atoms with Gasteiger partial charge in [-0.2, -0.15) is 5.10 Å². The predicted octanol–water partition coefficient (Wildman–Crippen LogP) is 3.11. The van der Waals surface area contributed by atoms with E-state index in [4.69, 9.17) is 0 Å². The number of amides is 1. The Kier molecular flexibility index (Phi) is 4.34. The number of aryl methyl sites for hydroxylation is 3. The van der Waals surface area contributed by atoms with Gasteiger partial charge in [-0.3, -0.25) is 9.48 Å². The molecule has 1 saturated carbocycles. The maximum absolute atomic E-state index is 12.6. The number of carbonyl (C=O) groups excluding carboxylic acids is 1. The van der Waals surface area contributed by atoms with E-state index in [1.54, 1.807) is 6.20 Å². The van der Waals surface area contributed by atoms with Gasteiger partial charge in [0.25, 0.3) is 5.91 Å². The van der Waals surface area contributed by atoms with Crippen molar-refractivity contribution < 1.29 is 4.79 Å². The molecule has 0 spiro atoms. The van der Waals surface area contributed by atoms with Crippen LogP contribution in [0, 0.1) is 19.3 Å². The molecular formula is C21H25N5O. The van der Waals surface area contributed by atoms with Crippen molar-refractivity contribution in [3.8, 4) is 11.4 Å². The quantitative estimate of drug-likeness (QED) is 0.732. The maximum Gasteiger partial charge on any atom is 0.251 e. The molecule has 0 saturated heterocycles. The Morgan fingerprint density at radius 1 is 1.22 bits per heavy atom. The number of imidazole rings is 1. The number of aromatic nitrogens is 4. The molecule has 0 atom stereocenters. The third-order valence-corrected chi connectivity index (χ3v) is 5.40. The second-order valence-corrected chi connectivity index (χ2v) is 7.71. The molecule has 1 fully saturated rings. The smallest absolute Gasteiger partial charge is 0.251 e. The molecule has 6 nitrogen and oxygen atoms in total. The zero-order valence-electron chi connectivity index (χ0n) is 16.1. The summed E-state index contributed by atoms with van der Waals surface area (Å²) in [6, 6.07) is 9.71. The van der Waals surface area contributed by atoms with Gasteiger partial charge in [0.1, 0.15) is 5.82 Å². The van der Waals surface area contributed by atoms with Crippen molar-refractivity contribution in [3.05, 3.63) is 59.7 Å². The van der Waals surface area contributed by atoms with E-state index in [0.29, 0.717) is 12.1 Å². The third kappa shape index (κ3) is 3.65. The number of rotatable bonds is 6. The fourth-order valence-electron chi connectivity index (χ4n) is 3.50. The highest BCUT2D eigenvalue weighted by Crippen LogP contribution is 2.46. The average Bonchev–Trinajstić information content (AvgIpc) is 3.16. The lowest BCUT2D eigenvalue weighted by atomic mass is 10.1. The Balaban J connectivity index is 1.38. The monoisotopic (exact) mass is 363 g/mol. The largest absolute Gasteiger partial charge is 0.351 e. The Morgan fingerprint density at radius 3 is 2.52 bits per heavy atom. The van der Waals surface area contributed by atoms with Crippen molar-refractivity contribution >= 4 is 5.91 Å². The summed E-state index contributed by atoms with van der Waals surface area (Å²) in [4.78, 5) is 16.9. The van der Waals surface area contributed by atoms with Crippen LogP contribution < -0.4 is 5.32 Å². The van der Waals surface area contributed by atoms with E-state index < -0.39 is 0 Å². The zero-order chi connectivity index (χ0) is 19.0. The first kappa shape index (κ1) is 17.5. The van der Waals surface area contributed by atoms with E-state index >= 15 is 0 Å². The molecule has 1 amide bonds. The van der Waals surface area contributed by atoms with Crippen molar-refractivity contribution in [2.24, 2.45) is 12.5 Å². The topological polar surface area (TPSA) is 64.7 Å². The minimum atomic E-state index is -0.0268. The molecule has 1 aliphatic rings. The summed E-state index contributed by atoms with van der Waals surface area (Å²) < 4.78 is 4.03. The van der Waals surface area contributed by atoms with E-state index in [2.05, 4.69) is 33.1 Å². The van der Waals surface area contributed by atoms with Crippen LogP contribution in [0.5, 0.6) is 0 Å². The lowest BCUT2D eigenvalue weighted by molar-refractivity contribution is 0.0942. The van der Waals surface area contributed by atoms with E-state index in [0.717, 1.165) is 36.5 Å². The Hall–Kier alpha value is -2.89. The molecule has 2 heterocycles.